The Morgan fingerprint density at radius 3 is 3.09 bits per heavy atom. The van der Waals surface area contributed by atoms with Crippen LogP contribution in [-0.2, 0) is 0 Å². The average molecular weight is 152 g/mol. The molecule has 0 aromatic heterocycles. The molecule has 1 aliphatic carbocycles. The quantitative estimate of drug-likeness (QED) is 0.528. The molecule has 0 aromatic rings. The van der Waals surface area contributed by atoms with Crippen LogP contribution in [0.1, 0.15) is 32.6 Å². The minimum absolute atomic E-state index is 0.225. The first kappa shape index (κ1) is 8.54. The summed E-state index contributed by atoms with van der Waals surface area (Å²) in [5, 5.41) is 9.31. The van der Waals surface area contributed by atoms with Gasteiger partial charge in [-0.3, -0.25) is 0 Å². The fourth-order valence-electron chi connectivity index (χ4n) is 1.26. The van der Waals surface area contributed by atoms with E-state index in [9.17, 15) is 5.11 Å². The second kappa shape index (κ2) is 4.35. The molecule has 1 rings (SSSR count). The SMILES string of the molecule is C/C1=C/CC[C@@H](O)/C=C\CC1. The summed E-state index contributed by atoms with van der Waals surface area (Å²) in [5.41, 5.74) is 1.45. The summed E-state index contributed by atoms with van der Waals surface area (Å²) >= 11 is 0. The molecule has 1 heteroatoms. The van der Waals surface area contributed by atoms with Gasteiger partial charge in [-0.1, -0.05) is 23.8 Å². The highest BCUT2D eigenvalue weighted by atomic mass is 16.3. The smallest absolute Gasteiger partial charge is 0.0723 e. The van der Waals surface area contributed by atoms with E-state index in [-0.39, 0.29) is 6.10 Å². The molecular weight excluding hydrogens is 136 g/mol. The molecule has 62 valence electrons. The van der Waals surface area contributed by atoms with Gasteiger partial charge in [-0.15, -0.1) is 0 Å². The van der Waals surface area contributed by atoms with Crippen LogP contribution >= 0.6 is 0 Å². The van der Waals surface area contributed by atoms with Gasteiger partial charge in [0.05, 0.1) is 6.10 Å². The second-order valence-corrected chi connectivity index (χ2v) is 3.16. The third kappa shape index (κ3) is 3.38. The van der Waals surface area contributed by atoms with Gasteiger partial charge in [0.1, 0.15) is 0 Å². The Kier molecular flexibility index (Phi) is 3.37. The van der Waals surface area contributed by atoms with Gasteiger partial charge >= 0.3 is 0 Å². The average Bonchev–Trinajstić information content (AvgIpc) is 2.04. The zero-order valence-corrected chi connectivity index (χ0v) is 7.09. The van der Waals surface area contributed by atoms with Crippen LogP contribution in [0.25, 0.3) is 0 Å². The summed E-state index contributed by atoms with van der Waals surface area (Å²) in [6.45, 7) is 2.16. The third-order valence-corrected chi connectivity index (χ3v) is 2.02. The summed E-state index contributed by atoms with van der Waals surface area (Å²) in [6.07, 6.45) is 10.1. The Hall–Kier alpha value is -0.560. The summed E-state index contributed by atoms with van der Waals surface area (Å²) in [5.74, 6) is 0. The lowest BCUT2D eigenvalue weighted by molar-refractivity contribution is 0.214. The van der Waals surface area contributed by atoms with E-state index >= 15 is 0 Å². The van der Waals surface area contributed by atoms with Gasteiger partial charge < -0.3 is 5.11 Å². The molecule has 0 radical (unpaired) electrons. The number of rotatable bonds is 0. The van der Waals surface area contributed by atoms with E-state index in [1.54, 1.807) is 0 Å². The highest BCUT2D eigenvalue weighted by Crippen LogP contribution is 2.11. The van der Waals surface area contributed by atoms with Gasteiger partial charge in [0.15, 0.2) is 0 Å². The fraction of sp³-hybridized carbons (Fsp3) is 0.600. The van der Waals surface area contributed by atoms with Crippen molar-refractivity contribution < 1.29 is 5.11 Å². The van der Waals surface area contributed by atoms with Crippen LogP contribution in [0.5, 0.6) is 0 Å². The van der Waals surface area contributed by atoms with Crippen molar-refractivity contribution in [3.63, 3.8) is 0 Å². The van der Waals surface area contributed by atoms with Crippen molar-refractivity contribution in [3.05, 3.63) is 23.8 Å². The van der Waals surface area contributed by atoms with Crippen molar-refractivity contribution in [1.82, 2.24) is 0 Å². The standard InChI is InChI=1S/C10H16O/c1-9-5-2-3-7-10(11)8-4-6-9/h3,6-7,10-11H,2,4-5,8H2,1H3/b7-3-,9-6-/t10-/m0/s1. The summed E-state index contributed by atoms with van der Waals surface area (Å²) < 4.78 is 0. The molecule has 0 fully saturated rings. The normalized spacial score (nSPS) is 34.4. The molecule has 1 N–H and O–H groups in total. The van der Waals surface area contributed by atoms with Crippen molar-refractivity contribution in [1.29, 1.82) is 0 Å². The molecule has 11 heavy (non-hydrogen) atoms. The third-order valence-electron chi connectivity index (χ3n) is 2.02. The lowest BCUT2D eigenvalue weighted by atomic mass is 10.1. The van der Waals surface area contributed by atoms with E-state index in [2.05, 4.69) is 19.1 Å². The highest BCUT2D eigenvalue weighted by Gasteiger charge is 1.99. The lowest BCUT2D eigenvalue weighted by Crippen LogP contribution is -1.99. The molecule has 0 saturated carbocycles. The predicted octanol–water partition coefficient (Wildman–Crippen LogP) is 2.42. The maximum atomic E-state index is 9.31. The topological polar surface area (TPSA) is 20.2 Å². The molecule has 0 spiro atoms. The molecule has 0 heterocycles. The minimum atomic E-state index is -0.225. The van der Waals surface area contributed by atoms with Gasteiger partial charge in [0.2, 0.25) is 0 Å². The zero-order chi connectivity index (χ0) is 8.10. The maximum absolute atomic E-state index is 9.31. The van der Waals surface area contributed by atoms with E-state index in [1.165, 1.54) is 5.57 Å². The van der Waals surface area contributed by atoms with E-state index in [1.807, 2.05) is 6.08 Å². The summed E-state index contributed by atoms with van der Waals surface area (Å²) in [7, 11) is 0. The fourth-order valence-corrected chi connectivity index (χ4v) is 1.26. The van der Waals surface area contributed by atoms with Crippen molar-refractivity contribution in [2.75, 3.05) is 0 Å². The second-order valence-electron chi connectivity index (χ2n) is 3.16. The van der Waals surface area contributed by atoms with Crippen molar-refractivity contribution in [3.8, 4) is 0 Å². The van der Waals surface area contributed by atoms with Gasteiger partial charge in [-0.05, 0) is 32.6 Å². The molecule has 1 aliphatic rings. The number of hydrogen-bond acceptors (Lipinski definition) is 1. The Morgan fingerprint density at radius 2 is 2.27 bits per heavy atom. The highest BCUT2D eigenvalue weighted by molar-refractivity contribution is 5.03. The Bertz CT molecular complexity index is 168. The first-order chi connectivity index (χ1) is 5.29. The zero-order valence-electron chi connectivity index (χ0n) is 7.09. The molecule has 0 saturated heterocycles. The number of hydrogen-bond donors (Lipinski definition) is 1. The molecule has 1 nitrogen and oxygen atoms in total. The van der Waals surface area contributed by atoms with Crippen molar-refractivity contribution in [2.45, 2.75) is 38.7 Å². The maximum Gasteiger partial charge on any atom is 0.0723 e. The largest absolute Gasteiger partial charge is 0.389 e. The van der Waals surface area contributed by atoms with E-state index in [0.29, 0.717) is 0 Å². The van der Waals surface area contributed by atoms with Crippen LogP contribution in [0.3, 0.4) is 0 Å². The molecule has 1 atom stereocenters. The van der Waals surface area contributed by atoms with Crippen LogP contribution in [0.4, 0.5) is 0 Å². The van der Waals surface area contributed by atoms with Crippen molar-refractivity contribution in [2.24, 2.45) is 0 Å². The molecule has 0 amide bonds. The Balaban J connectivity index is 2.49. The molecule has 0 unspecified atom stereocenters. The van der Waals surface area contributed by atoms with Gasteiger partial charge in [-0.2, -0.15) is 0 Å². The predicted molar refractivity (Wildman–Crippen MR) is 47.4 cm³/mol. The van der Waals surface area contributed by atoms with Gasteiger partial charge in [0, 0.05) is 0 Å². The summed E-state index contributed by atoms with van der Waals surface area (Å²) in [6, 6.07) is 0. The monoisotopic (exact) mass is 152 g/mol. The van der Waals surface area contributed by atoms with E-state index in [0.717, 1.165) is 25.7 Å². The van der Waals surface area contributed by atoms with Crippen LogP contribution in [0.15, 0.2) is 23.8 Å². The number of aliphatic hydroxyl groups is 1. The number of aliphatic hydroxyl groups excluding tert-OH is 1. The van der Waals surface area contributed by atoms with Gasteiger partial charge in [-0.25, -0.2) is 0 Å². The van der Waals surface area contributed by atoms with Crippen molar-refractivity contribution >= 4 is 0 Å². The van der Waals surface area contributed by atoms with E-state index in [4.69, 9.17) is 0 Å². The lowest BCUT2D eigenvalue weighted by Gasteiger charge is -2.00. The Labute approximate surface area is 68.4 Å². The van der Waals surface area contributed by atoms with Crippen LogP contribution in [-0.4, -0.2) is 11.2 Å². The van der Waals surface area contributed by atoms with Gasteiger partial charge in [0.25, 0.3) is 0 Å². The van der Waals surface area contributed by atoms with Crippen LogP contribution in [0, 0.1) is 0 Å². The molecular formula is C10H16O. The van der Waals surface area contributed by atoms with E-state index < -0.39 is 0 Å². The molecule has 0 aliphatic heterocycles. The van der Waals surface area contributed by atoms with Crippen LogP contribution in [0.2, 0.25) is 0 Å². The minimum Gasteiger partial charge on any atom is -0.389 e. The molecule has 0 bridgehead atoms. The van der Waals surface area contributed by atoms with Crippen LogP contribution < -0.4 is 0 Å². The summed E-state index contributed by atoms with van der Waals surface area (Å²) in [4.78, 5) is 0. The first-order valence-corrected chi connectivity index (χ1v) is 4.29. The number of allylic oxidation sites excluding steroid dienone is 3. The first-order valence-electron chi connectivity index (χ1n) is 4.29. The molecule has 0 aromatic carbocycles. The Morgan fingerprint density at radius 1 is 1.45 bits per heavy atom.